The third-order valence-electron chi connectivity index (χ3n) is 3.40. The van der Waals surface area contributed by atoms with Gasteiger partial charge in [0.15, 0.2) is 0 Å². The molecule has 1 N–H and O–H groups in total. The smallest absolute Gasteiger partial charge is 0.225 e. The van der Waals surface area contributed by atoms with Gasteiger partial charge in [-0.15, -0.1) is 0 Å². The van der Waals surface area contributed by atoms with Crippen LogP contribution in [0.25, 0.3) is 0 Å². The predicted octanol–water partition coefficient (Wildman–Crippen LogP) is 4.55. The number of nitrogens with one attached hydrogen (secondary N) is 1. The van der Waals surface area contributed by atoms with Crippen LogP contribution in [0.1, 0.15) is 80.1 Å². The van der Waals surface area contributed by atoms with Gasteiger partial charge >= 0.3 is 0 Å². The molecule has 0 saturated carbocycles. The monoisotopic (exact) mass is 299 g/mol. The van der Waals surface area contributed by atoms with Crippen molar-refractivity contribution in [2.75, 3.05) is 19.8 Å². The summed E-state index contributed by atoms with van der Waals surface area (Å²) < 4.78 is 5.65. The Labute approximate surface area is 132 Å². The molecule has 21 heavy (non-hydrogen) atoms. The van der Waals surface area contributed by atoms with E-state index >= 15 is 0 Å². The van der Waals surface area contributed by atoms with Crippen LogP contribution in [0, 0.1) is 10.8 Å². The van der Waals surface area contributed by atoms with Crippen molar-refractivity contribution in [1.82, 2.24) is 5.32 Å². The number of hydrogen-bond donors (Lipinski definition) is 1. The van der Waals surface area contributed by atoms with Gasteiger partial charge in [-0.3, -0.25) is 4.79 Å². The number of ether oxygens (including phenoxy) is 1. The molecule has 0 rings (SSSR count). The molecular weight excluding hydrogens is 262 g/mol. The summed E-state index contributed by atoms with van der Waals surface area (Å²) >= 11 is 0. The summed E-state index contributed by atoms with van der Waals surface area (Å²) in [5.74, 6) is 0.143. The van der Waals surface area contributed by atoms with E-state index in [0.717, 1.165) is 45.4 Å². The third kappa shape index (κ3) is 14.1. The number of carbonyl (C=O) groups is 1. The van der Waals surface area contributed by atoms with Crippen LogP contribution in [0.5, 0.6) is 0 Å². The first-order valence-electron chi connectivity index (χ1n) is 8.49. The highest BCUT2D eigenvalue weighted by molar-refractivity contribution is 5.81. The predicted molar refractivity (Wildman–Crippen MR) is 90.4 cm³/mol. The minimum Gasteiger partial charge on any atom is -0.381 e. The average molecular weight is 299 g/mol. The molecule has 0 atom stereocenters. The lowest BCUT2D eigenvalue weighted by atomic mass is 9.91. The molecule has 0 unspecified atom stereocenters. The number of rotatable bonds is 10. The van der Waals surface area contributed by atoms with E-state index in [1.165, 1.54) is 12.8 Å². The summed E-state index contributed by atoms with van der Waals surface area (Å²) in [6, 6.07) is 0. The number of carbonyl (C=O) groups excluding carboxylic acids is 1. The van der Waals surface area contributed by atoms with Crippen LogP contribution in [0.3, 0.4) is 0 Å². The molecule has 126 valence electrons. The molecule has 0 spiro atoms. The fraction of sp³-hybridized carbons (Fsp3) is 0.944. The lowest BCUT2D eigenvalue weighted by Gasteiger charge is -2.17. The van der Waals surface area contributed by atoms with Crippen molar-refractivity contribution in [1.29, 1.82) is 0 Å². The molecule has 0 aliphatic heterocycles. The van der Waals surface area contributed by atoms with Gasteiger partial charge in [0.1, 0.15) is 0 Å². The molecule has 1 amide bonds. The van der Waals surface area contributed by atoms with Gasteiger partial charge in [0.25, 0.3) is 0 Å². The zero-order chi connectivity index (χ0) is 16.4. The molecule has 3 heteroatoms. The molecule has 0 heterocycles. The standard InChI is InChI=1S/C18H37NO2/c1-17(2,3)12-11-15-21-14-10-8-7-9-13-19-16(20)18(4,5)6/h7-15H2,1-6H3,(H,19,20). The van der Waals surface area contributed by atoms with Gasteiger partial charge in [-0.2, -0.15) is 0 Å². The van der Waals surface area contributed by atoms with Crippen molar-refractivity contribution < 1.29 is 9.53 Å². The molecule has 0 aromatic carbocycles. The highest BCUT2D eigenvalue weighted by Crippen LogP contribution is 2.20. The Morgan fingerprint density at radius 3 is 2.00 bits per heavy atom. The number of unbranched alkanes of at least 4 members (excludes halogenated alkanes) is 3. The molecular formula is C18H37NO2. The van der Waals surface area contributed by atoms with Crippen molar-refractivity contribution in [3.63, 3.8) is 0 Å². The van der Waals surface area contributed by atoms with Crippen molar-refractivity contribution in [3.8, 4) is 0 Å². The quantitative estimate of drug-likeness (QED) is 0.601. The highest BCUT2D eigenvalue weighted by Gasteiger charge is 2.19. The normalized spacial score (nSPS) is 12.5. The largest absolute Gasteiger partial charge is 0.381 e. The van der Waals surface area contributed by atoms with E-state index in [4.69, 9.17) is 4.74 Å². The van der Waals surface area contributed by atoms with Gasteiger partial charge in [-0.25, -0.2) is 0 Å². The van der Waals surface area contributed by atoms with Crippen LogP contribution in [0.2, 0.25) is 0 Å². The topological polar surface area (TPSA) is 38.3 Å². The molecule has 0 aromatic rings. The third-order valence-corrected chi connectivity index (χ3v) is 3.40. The second-order valence-corrected chi connectivity index (χ2v) is 8.20. The molecule has 0 radical (unpaired) electrons. The fourth-order valence-corrected chi connectivity index (χ4v) is 1.96. The van der Waals surface area contributed by atoms with Crippen molar-refractivity contribution in [2.24, 2.45) is 10.8 Å². The minimum absolute atomic E-state index is 0.143. The Hall–Kier alpha value is -0.570. The molecule has 0 bridgehead atoms. The first kappa shape index (κ1) is 20.4. The summed E-state index contributed by atoms with van der Waals surface area (Å²) in [6.07, 6.45) is 6.91. The van der Waals surface area contributed by atoms with E-state index in [9.17, 15) is 4.79 Å². The summed E-state index contributed by atoms with van der Waals surface area (Å²) in [7, 11) is 0. The van der Waals surface area contributed by atoms with E-state index in [0.29, 0.717) is 5.41 Å². The van der Waals surface area contributed by atoms with Crippen LogP contribution in [0.4, 0.5) is 0 Å². The molecule has 0 aromatic heterocycles. The molecule has 0 aliphatic rings. The maximum Gasteiger partial charge on any atom is 0.225 e. The number of hydrogen-bond acceptors (Lipinski definition) is 2. The Morgan fingerprint density at radius 2 is 1.43 bits per heavy atom. The van der Waals surface area contributed by atoms with E-state index < -0.39 is 0 Å². The van der Waals surface area contributed by atoms with Crippen molar-refractivity contribution in [3.05, 3.63) is 0 Å². The summed E-state index contributed by atoms with van der Waals surface area (Å²) in [6.45, 7) is 15.2. The highest BCUT2D eigenvalue weighted by atomic mass is 16.5. The van der Waals surface area contributed by atoms with Crippen LogP contribution >= 0.6 is 0 Å². The van der Waals surface area contributed by atoms with E-state index in [2.05, 4.69) is 26.1 Å². The Balaban J connectivity index is 3.25. The summed E-state index contributed by atoms with van der Waals surface area (Å²) in [5.41, 5.74) is 0.141. The van der Waals surface area contributed by atoms with Crippen LogP contribution in [-0.4, -0.2) is 25.7 Å². The minimum atomic E-state index is -0.277. The zero-order valence-electron chi connectivity index (χ0n) is 15.2. The van der Waals surface area contributed by atoms with Crippen LogP contribution in [0.15, 0.2) is 0 Å². The van der Waals surface area contributed by atoms with Crippen molar-refractivity contribution >= 4 is 5.91 Å². The molecule has 0 saturated heterocycles. The maximum atomic E-state index is 11.6. The SMILES string of the molecule is CC(C)(C)CCCOCCCCCCNC(=O)C(C)(C)C. The first-order chi connectivity index (χ1) is 9.63. The van der Waals surface area contributed by atoms with E-state index in [1.807, 2.05) is 20.8 Å². The average Bonchev–Trinajstić information content (AvgIpc) is 2.33. The number of amides is 1. The maximum absolute atomic E-state index is 11.6. The van der Waals surface area contributed by atoms with Gasteiger partial charge in [-0.1, -0.05) is 54.4 Å². The van der Waals surface area contributed by atoms with Crippen LogP contribution < -0.4 is 5.32 Å². The van der Waals surface area contributed by atoms with E-state index in [-0.39, 0.29) is 11.3 Å². The zero-order valence-corrected chi connectivity index (χ0v) is 15.2. The van der Waals surface area contributed by atoms with Crippen molar-refractivity contribution in [2.45, 2.75) is 80.1 Å². The molecule has 0 aliphatic carbocycles. The second kappa shape index (κ2) is 10.2. The second-order valence-electron chi connectivity index (χ2n) is 8.20. The van der Waals surface area contributed by atoms with Crippen LogP contribution in [-0.2, 0) is 9.53 Å². The summed E-state index contributed by atoms with van der Waals surface area (Å²) in [4.78, 5) is 11.6. The fourth-order valence-electron chi connectivity index (χ4n) is 1.96. The van der Waals surface area contributed by atoms with Gasteiger partial charge < -0.3 is 10.1 Å². The lowest BCUT2D eigenvalue weighted by Crippen LogP contribution is -2.35. The van der Waals surface area contributed by atoms with Gasteiger partial charge in [0, 0.05) is 25.2 Å². The molecule has 0 fully saturated rings. The van der Waals surface area contributed by atoms with Gasteiger partial charge in [-0.05, 0) is 31.1 Å². The summed E-state index contributed by atoms with van der Waals surface area (Å²) in [5, 5.41) is 2.99. The lowest BCUT2D eigenvalue weighted by molar-refractivity contribution is -0.128. The van der Waals surface area contributed by atoms with Gasteiger partial charge in [0.05, 0.1) is 0 Å². The Kier molecular flexibility index (Phi) is 9.93. The van der Waals surface area contributed by atoms with E-state index in [1.54, 1.807) is 0 Å². The Morgan fingerprint density at radius 1 is 0.857 bits per heavy atom. The molecule has 3 nitrogen and oxygen atoms in total. The first-order valence-corrected chi connectivity index (χ1v) is 8.49. The van der Waals surface area contributed by atoms with Gasteiger partial charge in [0.2, 0.25) is 5.91 Å². The Bertz CT molecular complexity index is 274.